The van der Waals surface area contributed by atoms with Gasteiger partial charge in [0.15, 0.2) is 5.69 Å². The summed E-state index contributed by atoms with van der Waals surface area (Å²) >= 11 is 0. The fraction of sp³-hybridized carbons (Fsp3) is 0.364. The SMILES string of the molecule is CCCc1nc(C(F)(F)CCC)nn1Cc1ccc(-c2cccnc2C(=O)O)cc1. The number of nitrogens with zero attached hydrogens (tertiary/aromatic N) is 4. The topological polar surface area (TPSA) is 80.9 Å². The first kappa shape index (κ1) is 21.5. The van der Waals surface area contributed by atoms with Crippen LogP contribution in [0.4, 0.5) is 8.78 Å². The molecule has 1 aromatic carbocycles. The van der Waals surface area contributed by atoms with Crippen LogP contribution in [-0.2, 0) is 18.9 Å². The summed E-state index contributed by atoms with van der Waals surface area (Å²) in [5.41, 5.74) is 2.07. The average molecular weight is 414 g/mol. The van der Waals surface area contributed by atoms with Gasteiger partial charge in [-0.05, 0) is 30.0 Å². The number of hydrogen-bond donors (Lipinski definition) is 1. The Kier molecular flexibility index (Phi) is 6.54. The first-order valence-electron chi connectivity index (χ1n) is 9.95. The number of carboxylic acid groups (broad SMARTS) is 1. The highest BCUT2D eigenvalue weighted by Gasteiger charge is 2.36. The fourth-order valence-electron chi connectivity index (χ4n) is 3.26. The molecular weight excluding hydrogens is 390 g/mol. The number of pyridine rings is 1. The van der Waals surface area contributed by atoms with Crippen molar-refractivity contribution in [1.29, 1.82) is 0 Å². The summed E-state index contributed by atoms with van der Waals surface area (Å²) < 4.78 is 30.1. The fourth-order valence-corrected chi connectivity index (χ4v) is 3.26. The summed E-state index contributed by atoms with van der Waals surface area (Å²) in [6.45, 7) is 3.98. The molecule has 0 atom stereocenters. The van der Waals surface area contributed by atoms with E-state index in [1.54, 1.807) is 31.2 Å². The second-order valence-electron chi connectivity index (χ2n) is 7.12. The van der Waals surface area contributed by atoms with E-state index in [-0.39, 0.29) is 12.1 Å². The lowest BCUT2D eigenvalue weighted by Crippen LogP contribution is -2.15. The van der Waals surface area contributed by atoms with Crippen LogP contribution in [0.1, 0.15) is 60.8 Å². The maximum atomic E-state index is 14.3. The summed E-state index contributed by atoms with van der Waals surface area (Å²) in [6.07, 6.45) is 2.83. The third-order valence-corrected chi connectivity index (χ3v) is 4.72. The average Bonchev–Trinajstić information content (AvgIpc) is 3.12. The molecule has 0 radical (unpaired) electrons. The second kappa shape index (κ2) is 9.11. The monoisotopic (exact) mass is 414 g/mol. The maximum Gasteiger partial charge on any atom is 0.355 e. The van der Waals surface area contributed by atoms with E-state index in [0.29, 0.717) is 36.3 Å². The summed E-state index contributed by atoms with van der Waals surface area (Å²) in [6, 6.07) is 10.6. The molecule has 0 unspecified atom stereocenters. The van der Waals surface area contributed by atoms with Gasteiger partial charge in [-0.1, -0.05) is 44.2 Å². The van der Waals surface area contributed by atoms with Gasteiger partial charge in [0.05, 0.1) is 6.54 Å². The van der Waals surface area contributed by atoms with E-state index in [1.165, 1.54) is 10.9 Å². The molecule has 0 aliphatic heterocycles. The molecule has 0 amide bonds. The molecular formula is C22H24F2N4O2. The number of aryl methyl sites for hydroxylation is 1. The van der Waals surface area contributed by atoms with Gasteiger partial charge in [-0.2, -0.15) is 8.78 Å². The molecule has 2 aromatic heterocycles. The quantitative estimate of drug-likeness (QED) is 0.537. The molecule has 0 saturated carbocycles. The predicted octanol–water partition coefficient (Wildman–Crippen LogP) is 4.93. The summed E-state index contributed by atoms with van der Waals surface area (Å²) in [5, 5.41) is 13.4. The molecule has 1 N–H and O–H groups in total. The molecule has 0 fully saturated rings. The van der Waals surface area contributed by atoms with Crippen molar-refractivity contribution >= 4 is 5.97 Å². The van der Waals surface area contributed by atoms with Crippen molar-refractivity contribution in [2.45, 2.75) is 52.0 Å². The number of carboxylic acids is 1. The molecule has 3 rings (SSSR count). The molecule has 0 aliphatic rings. The van der Waals surface area contributed by atoms with Crippen molar-refractivity contribution in [2.75, 3.05) is 0 Å². The minimum atomic E-state index is -3.04. The third kappa shape index (κ3) is 4.69. The van der Waals surface area contributed by atoms with E-state index in [1.807, 2.05) is 19.1 Å². The van der Waals surface area contributed by atoms with Crippen LogP contribution in [0, 0.1) is 0 Å². The minimum Gasteiger partial charge on any atom is -0.476 e. The van der Waals surface area contributed by atoms with Crippen LogP contribution in [0.25, 0.3) is 11.1 Å². The van der Waals surface area contributed by atoms with Crippen LogP contribution in [0.3, 0.4) is 0 Å². The lowest BCUT2D eigenvalue weighted by atomic mass is 10.0. The van der Waals surface area contributed by atoms with Crippen LogP contribution in [-0.4, -0.2) is 30.8 Å². The number of benzene rings is 1. The van der Waals surface area contributed by atoms with Gasteiger partial charge >= 0.3 is 11.9 Å². The van der Waals surface area contributed by atoms with Crippen LogP contribution in [0.15, 0.2) is 42.6 Å². The molecule has 2 heterocycles. The van der Waals surface area contributed by atoms with Gasteiger partial charge in [-0.25, -0.2) is 19.4 Å². The molecule has 3 aromatic rings. The standard InChI is InChI=1S/C22H24F2N4O2/c1-3-6-18-26-21(22(23,24)12-4-2)27-28(18)14-15-8-10-16(11-9-15)17-7-5-13-25-19(17)20(29)30/h5,7-11,13H,3-4,6,12,14H2,1-2H3,(H,29,30). The molecule has 0 bridgehead atoms. The Morgan fingerprint density at radius 2 is 1.87 bits per heavy atom. The van der Waals surface area contributed by atoms with Gasteiger partial charge in [0.2, 0.25) is 5.82 Å². The van der Waals surface area contributed by atoms with Crippen molar-refractivity contribution in [2.24, 2.45) is 0 Å². The van der Waals surface area contributed by atoms with Crippen molar-refractivity contribution in [3.63, 3.8) is 0 Å². The highest BCUT2D eigenvalue weighted by atomic mass is 19.3. The third-order valence-electron chi connectivity index (χ3n) is 4.72. The van der Waals surface area contributed by atoms with Crippen molar-refractivity contribution in [3.05, 3.63) is 65.5 Å². The second-order valence-corrected chi connectivity index (χ2v) is 7.12. The number of carbonyl (C=O) groups is 1. The molecule has 0 aliphatic carbocycles. The highest BCUT2D eigenvalue weighted by molar-refractivity contribution is 5.93. The zero-order valence-corrected chi connectivity index (χ0v) is 17.0. The number of aromatic nitrogens is 4. The normalized spacial score (nSPS) is 11.6. The molecule has 158 valence electrons. The number of halogens is 2. The Morgan fingerprint density at radius 1 is 1.13 bits per heavy atom. The summed E-state index contributed by atoms with van der Waals surface area (Å²) in [7, 11) is 0. The van der Waals surface area contributed by atoms with Gasteiger partial charge in [0.25, 0.3) is 0 Å². The zero-order valence-electron chi connectivity index (χ0n) is 17.0. The predicted molar refractivity (Wildman–Crippen MR) is 109 cm³/mol. The molecule has 30 heavy (non-hydrogen) atoms. The van der Waals surface area contributed by atoms with Gasteiger partial charge < -0.3 is 5.11 Å². The number of aromatic carboxylic acids is 1. The molecule has 0 spiro atoms. The van der Waals surface area contributed by atoms with Crippen molar-refractivity contribution in [3.8, 4) is 11.1 Å². The number of rotatable bonds is 9. The van der Waals surface area contributed by atoms with E-state index in [0.717, 1.165) is 12.0 Å². The Hall–Kier alpha value is -3.16. The van der Waals surface area contributed by atoms with Crippen LogP contribution >= 0.6 is 0 Å². The Balaban J connectivity index is 1.87. The van der Waals surface area contributed by atoms with Gasteiger partial charge in [0.1, 0.15) is 5.82 Å². The smallest absolute Gasteiger partial charge is 0.355 e. The molecule has 6 nitrogen and oxygen atoms in total. The van der Waals surface area contributed by atoms with E-state index in [4.69, 9.17) is 0 Å². The first-order chi connectivity index (χ1) is 14.4. The lowest BCUT2D eigenvalue weighted by Gasteiger charge is -2.10. The molecule has 8 heteroatoms. The highest BCUT2D eigenvalue weighted by Crippen LogP contribution is 2.31. The van der Waals surface area contributed by atoms with Gasteiger partial charge in [-0.15, -0.1) is 5.10 Å². The van der Waals surface area contributed by atoms with E-state index in [9.17, 15) is 18.7 Å². The van der Waals surface area contributed by atoms with Crippen LogP contribution in [0.5, 0.6) is 0 Å². The molecule has 0 saturated heterocycles. The van der Waals surface area contributed by atoms with E-state index < -0.39 is 17.7 Å². The van der Waals surface area contributed by atoms with Crippen molar-refractivity contribution < 1.29 is 18.7 Å². The number of hydrogen-bond acceptors (Lipinski definition) is 4. The summed E-state index contributed by atoms with van der Waals surface area (Å²) in [5.74, 6) is -4.03. The first-order valence-corrected chi connectivity index (χ1v) is 9.95. The summed E-state index contributed by atoms with van der Waals surface area (Å²) in [4.78, 5) is 19.4. The Labute approximate surface area is 173 Å². The van der Waals surface area contributed by atoms with Crippen molar-refractivity contribution in [1.82, 2.24) is 19.7 Å². The van der Waals surface area contributed by atoms with Crippen LogP contribution < -0.4 is 0 Å². The van der Waals surface area contributed by atoms with E-state index in [2.05, 4.69) is 15.1 Å². The largest absolute Gasteiger partial charge is 0.476 e. The minimum absolute atomic E-state index is 0.0189. The lowest BCUT2D eigenvalue weighted by molar-refractivity contribution is -0.0232. The van der Waals surface area contributed by atoms with E-state index >= 15 is 0 Å². The van der Waals surface area contributed by atoms with Crippen LogP contribution in [0.2, 0.25) is 0 Å². The van der Waals surface area contributed by atoms with Gasteiger partial charge in [-0.3, -0.25) is 0 Å². The Bertz CT molecular complexity index is 1020. The van der Waals surface area contributed by atoms with Gasteiger partial charge in [0, 0.05) is 24.6 Å². The number of alkyl halides is 2. The Morgan fingerprint density at radius 3 is 2.50 bits per heavy atom. The maximum absolute atomic E-state index is 14.3. The zero-order chi connectivity index (χ0) is 21.7.